The molecular formula is C49H32S. The van der Waals surface area contributed by atoms with Crippen molar-refractivity contribution in [1.82, 2.24) is 0 Å². The lowest BCUT2D eigenvalue weighted by Crippen LogP contribution is -2.14. The average molecular weight is 653 g/mol. The van der Waals surface area contributed by atoms with Crippen LogP contribution < -0.4 is 0 Å². The van der Waals surface area contributed by atoms with Crippen molar-refractivity contribution in [3.63, 3.8) is 0 Å². The summed E-state index contributed by atoms with van der Waals surface area (Å²) >= 11 is 1.90. The van der Waals surface area contributed by atoms with E-state index in [1.807, 2.05) is 11.3 Å². The molecule has 0 fully saturated rings. The quantitative estimate of drug-likeness (QED) is 0.163. The number of benzene rings is 9. The SMILES string of the molecule is CC1(C)c2ccc(-c3c4ccccc4c(-c4cccc5ccccc45)c4ccccc34)cc2-c2cc3cc4sc5ccccc5c4cc3cc21. The van der Waals surface area contributed by atoms with Crippen LogP contribution in [0.5, 0.6) is 0 Å². The van der Waals surface area contributed by atoms with Crippen molar-refractivity contribution >= 4 is 74.6 Å². The van der Waals surface area contributed by atoms with E-state index >= 15 is 0 Å². The Labute approximate surface area is 294 Å². The van der Waals surface area contributed by atoms with Gasteiger partial charge in [-0.3, -0.25) is 0 Å². The molecule has 0 spiro atoms. The van der Waals surface area contributed by atoms with E-state index in [1.165, 1.54) is 108 Å². The molecule has 10 aromatic rings. The van der Waals surface area contributed by atoms with Crippen LogP contribution in [0.1, 0.15) is 25.0 Å². The lowest BCUT2D eigenvalue weighted by atomic mass is 9.81. The summed E-state index contributed by atoms with van der Waals surface area (Å²) in [7, 11) is 0. The molecule has 1 aromatic heterocycles. The Kier molecular flexibility index (Phi) is 5.70. The van der Waals surface area contributed by atoms with Crippen LogP contribution in [0.2, 0.25) is 0 Å². The fourth-order valence-corrected chi connectivity index (χ4v) is 10.2. The molecule has 9 aromatic carbocycles. The predicted octanol–water partition coefficient (Wildman–Crippen LogP) is 14.3. The zero-order chi connectivity index (χ0) is 33.1. The maximum atomic E-state index is 2.48. The van der Waals surface area contributed by atoms with Crippen LogP contribution in [0.4, 0.5) is 0 Å². The lowest BCUT2D eigenvalue weighted by Gasteiger charge is -2.22. The molecule has 0 radical (unpaired) electrons. The summed E-state index contributed by atoms with van der Waals surface area (Å²) in [6.45, 7) is 4.79. The Bertz CT molecular complexity index is 3000. The Morgan fingerprint density at radius 1 is 0.360 bits per heavy atom. The van der Waals surface area contributed by atoms with Gasteiger partial charge in [-0.1, -0.05) is 135 Å². The molecule has 0 aliphatic heterocycles. The Morgan fingerprint density at radius 2 is 0.960 bits per heavy atom. The third-order valence-electron chi connectivity index (χ3n) is 11.4. The van der Waals surface area contributed by atoms with Gasteiger partial charge in [0.15, 0.2) is 0 Å². The molecule has 0 N–H and O–H groups in total. The molecule has 1 heterocycles. The third-order valence-corrected chi connectivity index (χ3v) is 12.5. The van der Waals surface area contributed by atoms with Gasteiger partial charge in [-0.15, -0.1) is 11.3 Å². The van der Waals surface area contributed by atoms with Gasteiger partial charge < -0.3 is 0 Å². The van der Waals surface area contributed by atoms with Gasteiger partial charge in [0.25, 0.3) is 0 Å². The second kappa shape index (κ2) is 10.1. The van der Waals surface area contributed by atoms with E-state index in [0.29, 0.717) is 0 Å². The summed E-state index contributed by atoms with van der Waals surface area (Å²) in [6.07, 6.45) is 0. The van der Waals surface area contributed by atoms with E-state index in [-0.39, 0.29) is 5.41 Å². The summed E-state index contributed by atoms with van der Waals surface area (Å²) in [5, 5.41) is 13.1. The Balaban J connectivity index is 1.17. The van der Waals surface area contributed by atoms with Crippen LogP contribution in [0.25, 0.3) is 96.6 Å². The van der Waals surface area contributed by atoms with Gasteiger partial charge in [0.2, 0.25) is 0 Å². The van der Waals surface area contributed by atoms with Gasteiger partial charge in [0.1, 0.15) is 0 Å². The minimum atomic E-state index is -0.0918. The summed E-state index contributed by atoms with van der Waals surface area (Å²) < 4.78 is 2.71. The first-order valence-electron chi connectivity index (χ1n) is 17.5. The second-order valence-electron chi connectivity index (χ2n) is 14.4. The van der Waals surface area contributed by atoms with Crippen molar-refractivity contribution in [1.29, 1.82) is 0 Å². The standard InChI is InChI=1S/C49H32S/c1-49(2)43-23-22-30(24-40(43)41-25-32-28-46-42(26-31(32)27-44(41)49)34-15-9-10-21-45(34)50-46)47-36-16-5-7-18-38(36)48(39-19-8-6-17-37(39)47)35-20-11-13-29-12-3-4-14-33(29)35/h3-28H,1-2H3. The minimum absolute atomic E-state index is 0.0918. The zero-order valence-electron chi connectivity index (χ0n) is 27.9. The topological polar surface area (TPSA) is 0 Å². The molecule has 11 rings (SSSR count). The molecule has 0 nitrogen and oxygen atoms in total. The highest BCUT2D eigenvalue weighted by molar-refractivity contribution is 7.25. The van der Waals surface area contributed by atoms with E-state index in [2.05, 4.69) is 172 Å². The van der Waals surface area contributed by atoms with Gasteiger partial charge in [-0.25, -0.2) is 0 Å². The first kappa shape index (κ1) is 28.1. The van der Waals surface area contributed by atoms with E-state index in [4.69, 9.17) is 0 Å². The minimum Gasteiger partial charge on any atom is -0.135 e. The van der Waals surface area contributed by atoms with Crippen LogP contribution >= 0.6 is 11.3 Å². The van der Waals surface area contributed by atoms with Crippen molar-refractivity contribution in [3.05, 3.63) is 169 Å². The summed E-state index contributed by atoms with van der Waals surface area (Å²) in [4.78, 5) is 0. The molecule has 0 saturated carbocycles. The van der Waals surface area contributed by atoms with Crippen LogP contribution in [0.15, 0.2) is 158 Å². The highest BCUT2D eigenvalue weighted by Gasteiger charge is 2.36. The van der Waals surface area contributed by atoms with Gasteiger partial charge in [-0.2, -0.15) is 0 Å². The highest BCUT2D eigenvalue weighted by atomic mass is 32.1. The Hall–Kier alpha value is -5.76. The zero-order valence-corrected chi connectivity index (χ0v) is 28.7. The van der Waals surface area contributed by atoms with Crippen molar-refractivity contribution in [2.24, 2.45) is 0 Å². The number of hydrogen-bond acceptors (Lipinski definition) is 1. The van der Waals surface area contributed by atoms with Crippen LogP contribution in [-0.2, 0) is 5.41 Å². The van der Waals surface area contributed by atoms with Crippen molar-refractivity contribution in [3.8, 4) is 33.4 Å². The van der Waals surface area contributed by atoms with Crippen molar-refractivity contribution < 1.29 is 0 Å². The maximum Gasteiger partial charge on any atom is 0.0361 e. The van der Waals surface area contributed by atoms with Crippen LogP contribution in [0, 0.1) is 0 Å². The maximum absolute atomic E-state index is 2.48. The largest absolute Gasteiger partial charge is 0.135 e. The van der Waals surface area contributed by atoms with E-state index in [9.17, 15) is 0 Å². The highest BCUT2D eigenvalue weighted by Crippen LogP contribution is 2.53. The molecule has 1 heteroatoms. The molecule has 50 heavy (non-hydrogen) atoms. The molecule has 234 valence electrons. The first-order valence-corrected chi connectivity index (χ1v) is 18.3. The molecular weight excluding hydrogens is 621 g/mol. The summed E-state index contributed by atoms with van der Waals surface area (Å²) in [5.74, 6) is 0. The van der Waals surface area contributed by atoms with Crippen molar-refractivity contribution in [2.45, 2.75) is 19.3 Å². The lowest BCUT2D eigenvalue weighted by molar-refractivity contribution is 0.661. The Morgan fingerprint density at radius 3 is 1.72 bits per heavy atom. The molecule has 0 bridgehead atoms. The van der Waals surface area contributed by atoms with Gasteiger partial charge in [0, 0.05) is 25.6 Å². The van der Waals surface area contributed by atoms with Gasteiger partial charge in [-0.05, 0) is 124 Å². The first-order chi connectivity index (χ1) is 24.5. The smallest absolute Gasteiger partial charge is 0.0361 e. The van der Waals surface area contributed by atoms with E-state index in [0.717, 1.165) is 0 Å². The van der Waals surface area contributed by atoms with Gasteiger partial charge >= 0.3 is 0 Å². The van der Waals surface area contributed by atoms with Crippen LogP contribution in [0.3, 0.4) is 0 Å². The molecule has 1 aliphatic carbocycles. The predicted molar refractivity (Wildman–Crippen MR) is 218 cm³/mol. The number of hydrogen-bond donors (Lipinski definition) is 0. The number of rotatable bonds is 2. The fraction of sp³-hybridized carbons (Fsp3) is 0.0612. The van der Waals surface area contributed by atoms with Gasteiger partial charge in [0.05, 0.1) is 0 Å². The average Bonchev–Trinajstić information content (AvgIpc) is 3.62. The van der Waals surface area contributed by atoms with Crippen LogP contribution in [-0.4, -0.2) is 0 Å². The normalized spacial score (nSPS) is 13.6. The molecule has 0 amide bonds. The monoisotopic (exact) mass is 652 g/mol. The second-order valence-corrected chi connectivity index (χ2v) is 15.5. The number of thiophene rings is 1. The third kappa shape index (κ3) is 3.81. The molecule has 0 unspecified atom stereocenters. The van der Waals surface area contributed by atoms with Crippen molar-refractivity contribution in [2.75, 3.05) is 0 Å². The molecule has 1 aliphatic rings. The molecule has 0 saturated heterocycles. The van der Waals surface area contributed by atoms with E-state index in [1.54, 1.807) is 0 Å². The number of fused-ring (bicyclic) bond motifs is 10. The summed E-state index contributed by atoms with van der Waals surface area (Å²) in [5.41, 5.74) is 10.6. The summed E-state index contributed by atoms with van der Waals surface area (Å²) in [6, 6.07) is 59.4. The van der Waals surface area contributed by atoms with E-state index < -0.39 is 0 Å². The molecule has 0 atom stereocenters. The fourth-order valence-electron chi connectivity index (χ4n) is 9.05.